The molecule has 0 aromatic rings. The van der Waals surface area contributed by atoms with Gasteiger partial charge in [0.2, 0.25) is 0 Å². The van der Waals surface area contributed by atoms with Gasteiger partial charge < -0.3 is 5.32 Å². The van der Waals surface area contributed by atoms with E-state index in [0.29, 0.717) is 6.42 Å². The van der Waals surface area contributed by atoms with Gasteiger partial charge in [0.05, 0.1) is 11.6 Å². The third kappa shape index (κ3) is 7.81. The van der Waals surface area contributed by atoms with Crippen LogP contribution < -0.4 is 5.32 Å². The predicted octanol–water partition coefficient (Wildman–Crippen LogP) is 3.22. The lowest BCUT2D eigenvalue weighted by Gasteiger charge is -2.18. The molecule has 6 heteroatoms. The number of amides is 1. The second-order valence-corrected chi connectivity index (χ2v) is 6.14. The third-order valence-corrected chi connectivity index (χ3v) is 3.32. The fourth-order valence-corrected chi connectivity index (χ4v) is 1.74. The number of rotatable bonds is 8. The van der Waals surface area contributed by atoms with E-state index < -0.39 is 23.7 Å². The van der Waals surface area contributed by atoms with Crippen LogP contribution in [0.15, 0.2) is 23.3 Å². The zero-order valence-corrected chi connectivity index (χ0v) is 14.5. The molecule has 0 rings (SSSR count). The Morgan fingerprint density at radius 2 is 1.61 bits per heavy atom. The number of carbonyl (C=O) groups is 3. The maximum absolute atomic E-state index is 13.1. The van der Waals surface area contributed by atoms with Crippen LogP contribution in [0.5, 0.6) is 0 Å². The van der Waals surface area contributed by atoms with Gasteiger partial charge in [0.1, 0.15) is 0 Å². The van der Waals surface area contributed by atoms with Crippen molar-refractivity contribution in [1.29, 1.82) is 0 Å². The molecule has 0 unspecified atom stereocenters. The van der Waals surface area contributed by atoms with Gasteiger partial charge in [-0.15, -0.1) is 0 Å². The first-order valence-corrected chi connectivity index (χ1v) is 7.45. The van der Waals surface area contributed by atoms with Crippen LogP contribution in [0.2, 0.25) is 0 Å². The first-order chi connectivity index (χ1) is 10.4. The van der Waals surface area contributed by atoms with E-state index in [1.165, 1.54) is 20.8 Å². The summed E-state index contributed by atoms with van der Waals surface area (Å²) in [6.45, 7) is 8.27. The van der Waals surface area contributed by atoms with E-state index in [1.54, 1.807) is 0 Å². The van der Waals surface area contributed by atoms with Crippen LogP contribution in [-0.2, 0) is 14.4 Å². The standard InChI is InChI=1S/C17H25F2NO3/c1-10(2)9-15(13(5)22)20-16(23)14(12(4)21)8-7-11(3)17(6,18)19/h7-8,10,15H,9H2,1-6H3,(H,20,23)/b11-7+,14-8+/t15-/m0/s1. The molecule has 0 aliphatic rings. The molecular formula is C17H25F2NO3. The molecule has 0 heterocycles. The van der Waals surface area contributed by atoms with Crippen molar-refractivity contribution in [2.75, 3.05) is 0 Å². The second-order valence-electron chi connectivity index (χ2n) is 6.14. The molecule has 0 bridgehead atoms. The van der Waals surface area contributed by atoms with Crippen LogP contribution in [-0.4, -0.2) is 29.4 Å². The quantitative estimate of drug-likeness (QED) is 0.322. The van der Waals surface area contributed by atoms with Gasteiger partial charge in [-0.2, -0.15) is 0 Å². The number of hydrogen-bond acceptors (Lipinski definition) is 3. The summed E-state index contributed by atoms with van der Waals surface area (Å²) in [5.74, 6) is -4.37. The highest BCUT2D eigenvalue weighted by molar-refractivity contribution is 6.19. The smallest absolute Gasteiger partial charge is 0.266 e. The van der Waals surface area contributed by atoms with Gasteiger partial charge in [-0.25, -0.2) is 8.78 Å². The fraction of sp³-hybridized carbons (Fsp3) is 0.588. The largest absolute Gasteiger partial charge is 0.342 e. The first-order valence-electron chi connectivity index (χ1n) is 7.45. The highest BCUT2D eigenvalue weighted by Gasteiger charge is 2.24. The predicted molar refractivity (Wildman–Crippen MR) is 85.2 cm³/mol. The van der Waals surface area contributed by atoms with Gasteiger partial charge in [-0.05, 0) is 44.8 Å². The van der Waals surface area contributed by atoms with Crippen LogP contribution in [0.1, 0.15) is 48.0 Å². The molecule has 0 aromatic carbocycles. The summed E-state index contributed by atoms with van der Waals surface area (Å²) in [5.41, 5.74) is -0.530. The lowest BCUT2D eigenvalue weighted by molar-refractivity contribution is -0.126. The van der Waals surface area contributed by atoms with Crippen LogP contribution >= 0.6 is 0 Å². The summed E-state index contributed by atoms with van der Waals surface area (Å²) in [6.07, 6.45) is 2.55. The third-order valence-electron chi connectivity index (χ3n) is 3.32. The van der Waals surface area contributed by atoms with E-state index in [0.717, 1.165) is 19.1 Å². The molecule has 0 aliphatic heterocycles. The van der Waals surface area contributed by atoms with E-state index in [2.05, 4.69) is 5.32 Å². The van der Waals surface area contributed by atoms with Crippen molar-refractivity contribution >= 4 is 17.5 Å². The number of Topliss-reactive ketones (excluding diaryl/α,β-unsaturated/α-hetero) is 2. The molecule has 0 saturated heterocycles. The van der Waals surface area contributed by atoms with Gasteiger partial charge in [0.25, 0.3) is 11.8 Å². The minimum absolute atomic E-state index is 0.176. The van der Waals surface area contributed by atoms with Crippen LogP contribution in [0, 0.1) is 5.92 Å². The Hall–Kier alpha value is -1.85. The second kappa shape index (κ2) is 8.70. The molecule has 0 aliphatic carbocycles. The molecule has 1 N–H and O–H groups in total. The molecule has 130 valence electrons. The van der Waals surface area contributed by atoms with E-state index >= 15 is 0 Å². The Kier molecular flexibility index (Phi) is 8.00. The number of alkyl halides is 2. The Morgan fingerprint density at radius 1 is 1.09 bits per heavy atom. The molecule has 0 saturated carbocycles. The number of halogens is 2. The van der Waals surface area contributed by atoms with Gasteiger partial charge in [-0.3, -0.25) is 14.4 Å². The zero-order valence-electron chi connectivity index (χ0n) is 14.5. The molecule has 1 amide bonds. The highest BCUT2D eigenvalue weighted by atomic mass is 19.3. The minimum Gasteiger partial charge on any atom is -0.342 e. The molecule has 0 radical (unpaired) electrons. The lowest BCUT2D eigenvalue weighted by Crippen LogP contribution is -2.42. The Labute approximate surface area is 136 Å². The molecule has 4 nitrogen and oxygen atoms in total. The SMILES string of the molecule is CC(=O)/C(=C\C=C(/C)C(C)(F)F)C(=O)N[C@@H](CC(C)C)C(C)=O. The maximum Gasteiger partial charge on any atom is 0.266 e. The summed E-state index contributed by atoms with van der Waals surface area (Å²) in [7, 11) is 0. The van der Waals surface area contributed by atoms with Crippen molar-refractivity contribution in [2.24, 2.45) is 5.92 Å². The van der Waals surface area contributed by atoms with E-state index in [4.69, 9.17) is 0 Å². The van der Waals surface area contributed by atoms with E-state index in [1.807, 2.05) is 13.8 Å². The summed E-state index contributed by atoms with van der Waals surface area (Å²) in [5, 5.41) is 2.50. The Balaban J connectivity index is 5.36. The summed E-state index contributed by atoms with van der Waals surface area (Å²) in [6, 6.07) is -0.706. The van der Waals surface area contributed by atoms with E-state index in [9.17, 15) is 23.2 Å². The molecule has 0 fully saturated rings. The number of carbonyl (C=O) groups excluding carboxylic acids is 3. The van der Waals surface area contributed by atoms with Crippen LogP contribution in [0.4, 0.5) is 8.78 Å². The zero-order chi connectivity index (χ0) is 18.4. The number of ketones is 2. The maximum atomic E-state index is 13.1. The minimum atomic E-state index is -3.03. The topological polar surface area (TPSA) is 63.2 Å². The van der Waals surface area contributed by atoms with Crippen molar-refractivity contribution in [1.82, 2.24) is 5.32 Å². The number of hydrogen-bond donors (Lipinski definition) is 1. The van der Waals surface area contributed by atoms with Gasteiger partial charge in [0.15, 0.2) is 11.6 Å². The average molecular weight is 329 g/mol. The molecular weight excluding hydrogens is 304 g/mol. The summed E-state index contributed by atoms with van der Waals surface area (Å²) in [4.78, 5) is 35.3. The van der Waals surface area contributed by atoms with Crippen LogP contribution in [0.25, 0.3) is 0 Å². The molecule has 0 spiro atoms. The van der Waals surface area contributed by atoms with Crippen molar-refractivity contribution in [2.45, 2.75) is 59.9 Å². The van der Waals surface area contributed by atoms with Crippen molar-refractivity contribution in [3.8, 4) is 0 Å². The summed E-state index contributed by atoms with van der Waals surface area (Å²) < 4.78 is 26.2. The van der Waals surface area contributed by atoms with Gasteiger partial charge >= 0.3 is 0 Å². The molecule has 0 aromatic heterocycles. The average Bonchev–Trinajstić information content (AvgIpc) is 2.35. The lowest BCUT2D eigenvalue weighted by atomic mass is 10.00. The van der Waals surface area contributed by atoms with E-state index in [-0.39, 0.29) is 22.8 Å². The normalized spacial score (nSPS) is 14.7. The van der Waals surface area contributed by atoms with Crippen molar-refractivity contribution in [3.05, 3.63) is 23.3 Å². The Morgan fingerprint density at radius 3 is 1.96 bits per heavy atom. The molecule has 23 heavy (non-hydrogen) atoms. The number of allylic oxidation sites excluding steroid dienone is 3. The molecule has 1 atom stereocenters. The summed E-state index contributed by atoms with van der Waals surface area (Å²) >= 11 is 0. The Bertz CT molecular complexity index is 528. The first kappa shape index (κ1) is 21.1. The van der Waals surface area contributed by atoms with Crippen LogP contribution in [0.3, 0.4) is 0 Å². The fourth-order valence-electron chi connectivity index (χ4n) is 1.74. The van der Waals surface area contributed by atoms with Gasteiger partial charge in [-0.1, -0.05) is 19.9 Å². The van der Waals surface area contributed by atoms with Gasteiger partial charge in [0, 0.05) is 6.92 Å². The number of nitrogens with one attached hydrogen (secondary N) is 1. The highest BCUT2D eigenvalue weighted by Crippen LogP contribution is 2.22. The monoisotopic (exact) mass is 329 g/mol. The van der Waals surface area contributed by atoms with Crippen molar-refractivity contribution < 1.29 is 23.2 Å². The van der Waals surface area contributed by atoms with Crippen molar-refractivity contribution in [3.63, 3.8) is 0 Å².